The summed E-state index contributed by atoms with van der Waals surface area (Å²) in [6, 6.07) is 10.6. The van der Waals surface area contributed by atoms with Gasteiger partial charge in [0.25, 0.3) is 0 Å². The molecule has 1 aromatic heterocycles. The van der Waals surface area contributed by atoms with Gasteiger partial charge in [-0.1, -0.05) is 43.5 Å². The number of benzene rings is 1. The van der Waals surface area contributed by atoms with Crippen LogP contribution in [0.4, 0.5) is 5.82 Å². The molecule has 0 radical (unpaired) electrons. The molecule has 8 heteroatoms. The number of hydrogen-bond donors (Lipinski definition) is 3. The molecule has 2 aromatic rings. The first-order valence-electron chi connectivity index (χ1n) is 14.1. The maximum Gasteiger partial charge on any atom is 0.354 e. The van der Waals surface area contributed by atoms with Crippen LogP contribution in [0.15, 0.2) is 30.3 Å². The summed E-state index contributed by atoms with van der Waals surface area (Å²) in [5, 5.41) is 22.1. The number of aromatic nitrogens is 1. The Morgan fingerprint density at radius 2 is 1.74 bits per heavy atom. The molecule has 1 aliphatic carbocycles. The van der Waals surface area contributed by atoms with Gasteiger partial charge in [-0.25, -0.2) is 9.78 Å². The predicted octanol–water partition coefficient (Wildman–Crippen LogP) is 5.47. The van der Waals surface area contributed by atoms with Gasteiger partial charge in [-0.3, -0.25) is 15.2 Å². The van der Waals surface area contributed by atoms with Gasteiger partial charge >= 0.3 is 5.97 Å². The lowest BCUT2D eigenvalue weighted by molar-refractivity contribution is 0.0690. The van der Waals surface area contributed by atoms with E-state index in [0.29, 0.717) is 23.0 Å². The third kappa shape index (κ3) is 7.11. The Morgan fingerprint density at radius 1 is 1.08 bits per heavy atom. The minimum atomic E-state index is -1.09. The summed E-state index contributed by atoms with van der Waals surface area (Å²) in [6.45, 7) is 13.4. The molecular weight excluding hydrogens is 478 g/mol. The number of nitrogens with zero attached hydrogens (tertiary/aromatic N) is 3. The summed E-state index contributed by atoms with van der Waals surface area (Å²) < 4.78 is 5.82. The summed E-state index contributed by atoms with van der Waals surface area (Å²) in [4.78, 5) is 21.5. The summed E-state index contributed by atoms with van der Waals surface area (Å²) in [5.41, 5.74) is 3.20. The number of hydrogen-bond acceptors (Lipinski definition) is 7. The maximum absolute atomic E-state index is 12.0. The van der Waals surface area contributed by atoms with Gasteiger partial charge in [0.1, 0.15) is 5.82 Å². The van der Waals surface area contributed by atoms with Crippen molar-refractivity contribution in [1.82, 2.24) is 14.8 Å². The molecule has 0 atom stereocenters. The second kappa shape index (κ2) is 12.7. The lowest BCUT2D eigenvalue weighted by Gasteiger charge is -2.36. The van der Waals surface area contributed by atoms with Crippen LogP contribution in [0.1, 0.15) is 81.4 Å². The van der Waals surface area contributed by atoms with Crippen molar-refractivity contribution in [3.8, 4) is 11.1 Å². The quantitative estimate of drug-likeness (QED) is 0.297. The van der Waals surface area contributed by atoms with E-state index in [2.05, 4.69) is 46.1 Å². The SMILES string of the molecule is CC(C)OC(=N)c1c(-c2ccc(CN3CCN(C(C)C)CC3)cc2)cc(C(=O)O)nc1NC1CCCCC1. The van der Waals surface area contributed by atoms with E-state index >= 15 is 0 Å². The Balaban J connectivity index is 1.63. The van der Waals surface area contributed by atoms with Crippen molar-refractivity contribution in [1.29, 1.82) is 5.41 Å². The van der Waals surface area contributed by atoms with Crippen LogP contribution in [0.5, 0.6) is 0 Å². The van der Waals surface area contributed by atoms with E-state index in [4.69, 9.17) is 10.1 Å². The average Bonchev–Trinajstić information content (AvgIpc) is 2.89. The highest BCUT2D eigenvalue weighted by molar-refractivity contribution is 6.05. The van der Waals surface area contributed by atoms with Crippen LogP contribution in [-0.2, 0) is 11.3 Å². The number of anilines is 1. The van der Waals surface area contributed by atoms with Crippen molar-refractivity contribution in [2.24, 2.45) is 0 Å². The van der Waals surface area contributed by atoms with Crippen molar-refractivity contribution in [2.45, 2.75) is 84.5 Å². The summed E-state index contributed by atoms with van der Waals surface area (Å²) in [5.74, 6) is -0.660. The van der Waals surface area contributed by atoms with Crippen LogP contribution >= 0.6 is 0 Å². The number of rotatable bonds is 9. The number of ether oxygens (including phenoxy) is 1. The fraction of sp³-hybridized carbons (Fsp3) is 0.567. The first-order chi connectivity index (χ1) is 18.2. The highest BCUT2D eigenvalue weighted by Crippen LogP contribution is 2.33. The lowest BCUT2D eigenvalue weighted by Crippen LogP contribution is -2.48. The van der Waals surface area contributed by atoms with Gasteiger partial charge in [0, 0.05) is 50.4 Å². The third-order valence-corrected chi connectivity index (χ3v) is 7.57. The van der Waals surface area contributed by atoms with E-state index in [1.165, 1.54) is 12.0 Å². The largest absolute Gasteiger partial charge is 0.477 e. The molecule has 0 spiro atoms. The molecule has 1 saturated heterocycles. The molecule has 8 nitrogen and oxygen atoms in total. The second-order valence-electron chi connectivity index (χ2n) is 11.2. The van der Waals surface area contributed by atoms with Crippen molar-refractivity contribution >= 4 is 17.7 Å². The van der Waals surface area contributed by atoms with Gasteiger partial charge in [0.05, 0.1) is 11.7 Å². The summed E-state index contributed by atoms with van der Waals surface area (Å²) >= 11 is 0. The number of piperazine rings is 1. The topological polar surface area (TPSA) is 102 Å². The smallest absolute Gasteiger partial charge is 0.354 e. The van der Waals surface area contributed by atoms with E-state index < -0.39 is 5.97 Å². The van der Waals surface area contributed by atoms with Crippen molar-refractivity contribution in [2.75, 3.05) is 31.5 Å². The molecule has 2 fully saturated rings. The van der Waals surface area contributed by atoms with Gasteiger partial charge in [0.2, 0.25) is 5.90 Å². The van der Waals surface area contributed by atoms with Crippen molar-refractivity contribution < 1.29 is 14.6 Å². The molecule has 0 unspecified atom stereocenters. The molecule has 38 heavy (non-hydrogen) atoms. The predicted molar refractivity (Wildman–Crippen MR) is 152 cm³/mol. The molecule has 1 aliphatic heterocycles. The van der Waals surface area contributed by atoms with E-state index in [9.17, 15) is 9.90 Å². The minimum Gasteiger partial charge on any atom is -0.477 e. The molecule has 4 rings (SSSR count). The standard InChI is InChI=1S/C30H43N5O3/c1-20(2)35-16-14-34(15-17-35)19-22-10-12-23(13-11-22)25-18-26(30(36)37)33-29(27(25)28(31)38-21(3)4)32-24-8-6-5-7-9-24/h10-13,18,20-21,24,31H,5-9,14-17,19H2,1-4H3,(H,32,33)(H,36,37). The van der Waals surface area contributed by atoms with Crippen LogP contribution in [0.3, 0.4) is 0 Å². The Kier molecular flexibility index (Phi) is 9.39. The van der Waals surface area contributed by atoms with Gasteiger partial charge in [-0.05, 0) is 57.7 Å². The van der Waals surface area contributed by atoms with Crippen LogP contribution in [0.2, 0.25) is 0 Å². The Labute approximate surface area is 226 Å². The van der Waals surface area contributed by atoms with Gasteiger partial charge in [0.15, 0.2) is 5.69 Å². The Morgan fingerprint density at radius 3 is 2.32 bits per heavy atom. The number of carbonyl (C=O) groups is 1. The average molecular weight is 522 g/mol. The van der Waals surface area contributed by atoms with Crippen LogP contribution < -0.4 is 5.32 Å². The van der Waals surface area contributed by atoms with E-state index in [0.717, 1.165) is 64.0 Å². The molecule has 0 amide bonds. The summed E-state index contributed by atoms with van der Waals surface area (Å²) in [6.07, 6.45) is 5.30. The molecule has 206 valence electrons. The van der Waals surface area contributed by atoms with Crippen molar-refractivity contribution in [3.63, 3.8) is 0 Å². The molecular formula is C30H43N5O3. The zero-order valence-corrected chi connectivity index (χ0v) is 23.3. The maximum atomic E-state index is 12.0. The lowest BCUT2D eigenvalue weighted by atomic mass is 9.94. The van der Waals surface area contributed by atoms with Gasteiger partial charge < -0.3 is 15.2 Å². The highest BCUT2D eigenvalue weighted by Gasteiger charge is 2.25. The van der Waals surface area contributed by atoms with E-state index in [1.54, 1.807) is 6.07 Å². The normalized spacial score (nSPS) is 17.6. The van der Waals surface area contributed by atoms with E-state index in [-0.39, 0.29) is 23.7 Å². The fourth-order valence-electron chi connectivity index (χ4n) is 5.44. The number of carboxylic acid groups (broad SMARTS) is 1. The van der Waals surface area contributed by atoms with Gasteiger partial charge in [-0.2, -0.15) is 0 Å². The zero-order valence-electron chi connectivity index (χ0n) is 23.3. The third-order valence-electron chi connectivity index (χ3n) is 7.57. The monoisotopic (exact) mass is 521 g/mol. The second-order valence-corrected chi connectivity index (χ2v) is 11.2. The number of carboxylic acids is 1. The molecule has 2 aliphatic rings. The van der Waals surface area contributed by atoms with Gasteiger partial charge in [-0.15, -0.1) is 0 Å². The summed E-state index contributed by atoms with van der Waals surface area (Å²) in [7, 11) is 0. The van der Waals surface area contributed by atoms with Crippen molar-refractivity contribution in [3.05, 3.63) is 47.2 Å². The first-order valence-corrected chi connectivity index (χ1v) is 14.1. The first kappa shape index (κ1) is 28.0. The van der Waals surface area contributed by atoms with Crippen LogP contribution in [0, 0.1) is 5.41 Å². The molecule has 1 saturated carbocycles. The molecule has 2 heterocycles. The van der Waals surface area contributed by atoms with E-state index in [1.807, 2.05) is 26.0 Å². The number of nitrogens with one attached hydrogen (secondary N) is 2. The zero-order chi connectivity index (χ0) is 27.2. The fourth-order valence-corrected chi connectivity index (χ4v) is 5.44. The van der Waals surface area contributed by atoms with Crippen LogP contribution in [-0.4, -0.2) is 76.1 Å². The van der Waals surface area contributed by atoms with Crippen LogP contribution in [0.25, 0.3) is 11.1 Å². The molecule has 1 aromatic carbocycles. The Bertz CT molecular complexity index is 1100. The number of pyridine rings is 1. The highest BCUT2D eigenvalue weighted by atomic mass is 16.5. The minimum absolute atomic E-state index is 0.00449. The number of aromatic carboxylic acids is 1. The Hall–Kier alpha value is -2.97. The molecule has 3 N–H and O–H groups in total. The molecule has 0 bridgehead atoms.